The van der Waals surface area contributed by atoms with E-state index < -0.39 is 0 Å². The number of hydrogen-bond donors (Lipinski definition) is 1. The second-order valence-electron chi connectivity index (χ2n) is 8.25. The summed E-state index contributed by atoms with van der Waals surface area (Å²) in [6.07, 6.45) is 4.40. The molecule has 0 bridgehead atoms. The van der Waals surface area contributed by atoms with Crippen LogP contribution in [0.4, 0.5) is 0 Å². The Bertz CT molecular complexity index is 1020. The molecule has 1 amide bonds. The third-order valence-corrected chi connectivity index (χ3v) is 5.97. The number of hydrogen-bond acceptors (Lipinski definition) is 3. The summed E-state index contributed by atoms with van der Waals surface area (Å²) < 4.78 is 0. The third-order valence-electron chi connectivity index (χ3n) is 5.97. The van der Waals surface area contributed by atoms with Crippen molar-refractivity contribution in [2.45, 2.75) is 13.0 Å². The Labute approximate surface area is 185 Å². The van der Waals surface area contributed by atoms with Gasteiger partial charge >= 0.3 is 0 Å². The lowest BCUT2D eigenvalue weighted by Crippen LogP contribution is -2.49. The van der Waals surface area contributed by atoms with Crippen LogP contribution in [0.2, 0.25) is 0 Å². The molecule has 0 aromatic heterocycles. The highest BCUT2D eigenvalue weighted by atomic mass is 16.2. The molecule has 3 aromatic carbocycles. The van der Waals surface area contributed by atoms with Gasteiger partial charge in [0, 0.05) is 32.7 Å². The first-order valence-corrected chi connectivity index (χ1v) is 11.1. The summed E-state index contributed by atoms with van der Waals surface area (Å²) in [4.78, 5) is 17.4. The Kier molecular flexibility index (Phi) is 7.13. The molecule has 1 saturated heterocycles. The van der Waals surface area contributed by atoms with Gasteiger partial charge in [0.1, 0.15) is 0 Å². The number of rotatable bonds is 7. The molecule has 31 heavy (non-hydrogen) atoms. The largest absolute Gasteiger partial charge is 0.348 e. The van der Waals surface area contributed by atoms with Crippen molar-refractivity contribution in [1.29, 1.82) is 0 Å². The van der Waals surface area contributed by atoms with E-state index in [1.807, 2.05) is 12.1 Å². The maximum atomic E-state index is 12.7. The summed E-state index contributed by atoms with van der Waals surface area (Å²) in [7, 11) is 0. The van der Waals surface area contributed by atoms with Crippen LogP contribution < -0.4 is 5.32 Å². The minimum absolute atomic E-state index is 0.0111. The molecule has 4 nitrogen and oxygen atoms in total. The van der Waals surface area contributed by atoms with Crippen LogP contribution in [0.25, 0.3) is 16.8 Å². The maximum absolute atomic E-state index is 12.7. The molecule has 4 heteroatoms. The average molecular weight is 414 g/mol. The highest BCUT2D eigenvalue weighted by Crippen LogP contribution is 2.24. The molecular formula is C27H31N3O. The van der Waals surface area contributed by atoms with Crippen molar-refractivity contribution in [3.8, 4) is 0 Å². The van der Waals surface area contributed by atoms with E-state index in [4.69, 9.17) is 0 Å². The van der Waals surface area contributed by atoms with Crippen LogP contribution in [-0.4, -0.2) is 55.0 Å². The minimum Gasteiger partial charge on any atom is -0.348 e. The van der Waals surface area contributed by atoms with E-state index in [1.165, 1.54) is 21.9 Å². The zero-order valence-electron chi connectivity index (χ0n) is 18.2. The van der Waals surface area contributed by atoms with Gasteiger partial charge in [-0.2, -0.15) is 0 Å². The van der Waals surface area contributed by atoms with Crippen molar-refractivity contribution in [1.82, 2.24) is 15.1 Å². The zero-order chi connectivity index (χ0) is 21.5. The summed E-state index contributed by atoms with van der Waals surface area (Å²) >= 11 is 0. The Morgan fingerprint density at radius 3 is 2.39 bits per heavy atom. The highest BCUT2D eigenvalue weighted by Gasteiger charge is 2.19. The number of carbonyl (C=O) groups is 1. The van der Waals surface area contributed by atoms with E-state index in [0.29, 0.717) is 6.54 Å². The van der Waals surface area contributed by atoms with Gasteiger partial charge in [-0.25, -0.2) is 0 Å². The molecule has 1 heterocycles. The first-order valence-electron chi connectivity index (χ1n) is 11.1. The Morgan fingerprint density at radius 2 is 1.58 bits per heavy atom. The Hall–Kier alpha value is -2.95. The highest BCUT2D eigenvalue weighted by molar-refractivity contribution is 5.87. The average Bonchev–Trinajstić information content (AvgIpc) is 2.80. The van der Waals surface area contributed by atoms with Gasteiger partial charge in [-0.1, -0.05) is 84.9 Å². The molecule has 4 rings (SSSR count). The van der Waals surface area contributed by atoms with Gasteiger partial charge in [0.25, 0.3) is 0 Å². The standard InChI is InChI=1S/C27H31N3O/c1-22(25-15-7-13-24-12-5-6-14-26(24)25)28-27(31)21-30-19-17-29(18-20-30)16-8-11-23-9-3-2-4-10-23/h2-15,22H,16-21H2,1H3,(H,28,31)/b11-8+/t22-/m1/s1. The fraction of sp³-hybridized carbons (Fsp3) is 0.296. The number of nitrogens with zero attached hydrogens (tertiary/aromatic N) is 2. The smallest absolute Gasteiger partial charge is 0.234 e. The van der Waals surface area contributed by atoms with E-state index in [1.54, 1.807) is 0 Å². The molecule has 1 fully saturated rings. The number of amides is 1. The number of fused-ring (bicyclic) bond motifs is 1. The lowest BCUT2D eigenvalue weighted by Gasteiger charge is -2.33. The van der Waals surface area contributed by atoms with E-state index in [0.717, 1.165) is 32.7 Å². The first-order chi connectivity index (χ1) is 15.2. The Balaban J connectivity index is 1.23. The Morgan fingerprint density at radius 1 is 0.903 bits per heavy atom. The van der Waals surface area contributed by atoms with Crippen molar-refractivity contribution in [3.63, 3.8) is 0 Å². The van der Waals surface area contributed by atoms with Gasteiger partial charge < -0.3 is 5.32 Å². The fourth-order valence-corrected chi connectivity index (χ4v) is 4.23. The maximum Gasteiger partial charge on any atom is 0.234 e. The number of nitrogens with one attached hydrogen (secondary N) is 1. The van der Waals surface area contributed by atoms with Crippen LogP contribution in [0, 0.1) is 0 Å². The molecule has 3 aromatic rings. The van der Waals surface area contributed by atoms with Crippen LogP contribution in [0.15, 0.2) is 78.9 Å². The molecule has 0 spiro atoms. The summed E-state index contributed by atoms with van der Waals surface area (Å²) in [5, 5.41) is 5.60. The van der Waals surface area contributed by atoms with Crippen molar-refractivity contribution < 1.29 is 4.79 Å². The van der Waals surface area contributed by atoms with Gasteiger partial charge in [-0.05, 0) is 28.8 Å². The fourth-order valence-electron chi connectivity index (χ4n) is 4.23. The van der Waals surface area contributed by atoms with E-state index in [-0.39, 0.29) is 11.9 Å². The van der Waals surface area contributed by atoms with E-state index in [2.05, 4.69) is 94.9 Å². The molecule has 0 unspecified atom stereocenters. The molecule has 1 atom stereocenters. The molecule has 1 aliphatic heterocycles. The summed E-state index contributed by atoms with van der Waals surface area (Å²) in [5.41, 5.74) is 2.40. The van der Waals surface area contributed by atoms with Crippen LogP contribution in [0.1, 0.15) is 24.1 Å². The second kappa shape index (κ2) is 10.4. The molecule has 0 saturated carbocycles. The van der Waals surface area contributed by atoms with Crippen LogP contribution in [-0.2, 0) is 4.79 Å². The minimum atomic E-state index is -0.0111. The molecule has 0 radical (unpaired) electrons. The zero-order valence-corrected chi connectivity index (χ0v) is 18.2. The SMILES string of the molecule is C[C@@H](NC(=O)CN1CCN(C/C=C/c2ccccc2)CC1)c1cccc2ccccc12. The van der Waals surface area contributed by atoms with Crippen molar-refractivity contribution >= 4 is 22.8 Å². The van der Waals surface area contributed by atoms with Crippen molar-refractivity contribution in [3.05, 3.63) is 90.0 Å². The summed E-state index contributed by atoms with van der Waals surface area (Å²) in [5.74, 6) is 0.0952. The van der Waals surface area contributed by atoms with Crippen LogP contribution in [0.5, 0.6) is 0 Å². The van der Waals surface area contributed by atoms with E-state index >= 15 is 0 Å². The molecule has 160 valence electrons. The van der Waals surface area contributed by atoms with Gasteiger partial charge in [-0.3, -0.25) is 14.6 Å². The first kappa shape index (κ1) is 21.3. The predicted molar refractivity (Wildman–Crippen MR) is 129 cm³/mol. The third kappa shape index (κ3) is 5.81. The van der Waals surface area contributed by atoms with Gasteiger partial charge in [0.05, 0.1) is 12.6 Å². The second-order valence-corrected chi connectivity index (χ2v) is 8.25. The monoisotopic (exact) mass is 413 g/mol. The van der Waals surface area contributed by atoms with Gasteiger partial charge in [-0.15, -0.1) is 0 Å². The molecule has 1 N–H and O–H groups in total. The topological polar surface area (TPSA) is 35.6 Å². The molecule has 1 aliphatic rings. The van der Waals surface area contributed by atoms with Crippen LogP contribution >= 0.6 is 0 Å². The summed E-state index contributed by atoms with van der Waals surface area (Å²) in [6.45, 7) is 7.31. The molecular weight excluding hydrogens is 382 g/mol. The number of carbonyl (C=O) groups excluding carboxylic acids is 1. The lowest BCUT2D eigenvalue weighted by molar-refractivity contribution is -0.123. The van der Waals surface area contributed by atoms with E-state index in [9.17, 15) is 4.79 Å². The molecule has 0 aliphatic carbocycles. The van der Waals surface area contributed by atoms with Crippen LogP contribution in [0.3, 0.4) is 0 Å². The van der Waals surface area contributed by atoms with Gasteiger partial charge in [0.2, 0.25) is 5.91 Å². The number of benzene rings is 3. The van der Waals surface area contributed by atoms with Crippen molar-refractivity contribution in [2.75, 3.05) is 39.3 Å². The number of piperazine rings is 1. The normalized spacial score (nSPS) is 16.5. The van der Waals surface area contributed by atoms with Gasteiger partial charge in [0.15, 0.2) is 0 Å². The van der Waals surface area contributed by atoms with Crippen molar-refractivity contribution in [2.24, 2.45) is 0 Å². The summed E-state index contributed by atoms with van der Waals surface area (Å²) in [6, 6.07) is 25.0. The quantitative estimate of drug-likeness (QED) is 0.626. The predicted octanol–water partition coefficient (Wildman–Crippen LogP) is 4.35. The lowest BCUT2D eigenvalue weighted by atomic mass is 10.00.